The van der Waals surface area contributed by atoms with E-state index in [4.69, 9.17) is 42.6 Å². The van der Waals surface area contributed by atoms with Crippen molar-refractivity contribution in [1.82, 2.24) is 0 Å². The minimum absolute atomic E-state index is 0.227. The summed E-state index contributed by atoms with van der Waals surface area (Å²) in [5.41, 5.74) is 1.49. The molecule has 0 unspecified atom stereocenters. The number of carbonyl (C=O) groups is 2. The number of methoxy groups -OCH3 is 5. The van der Waals surface area contributed by atoms with Gasteiger partial charge in [-0.05, 0) is 48.3 Å². The van der Waals surface area contributed by atoms with E-state index in [0.717, 1.165) is 16.9 Å². The Hall–Kier alpha value is -3.58. The first-order valence-corrected chi connectivity index (χ1v) is 16.2. The van der Waals surface area contributed by atoms with Gasteiger partial charge in [0, 0.05) is 46.2 Å². The van der Waals surface area contributed by atoms with Crippen molar-refractivity contribution in [3.63, 3.8) is 0 Å². The predicted octanol–water partition coefficient (Wildman–Crippen LogP) is 5.94. The Morgan fingerprint density at radius 1 is 0.939 bits per heavy atom. The highest BCUT2D eigenvalue weighted by Gasteiger charge is 2.59. The van der Waals surface area contributed by atoms with Gasteiger partial charge in [0.15, 0.2) is 12.4 Å². The Bertz CT molecular complexity index is 1370. The summed E-state index contributed by atoms with van der Waals surface area (Å²) in [6, 6.07) is 17.6. The van der Waals surface area contributed by atoms with Crippen molar-refractivity contribution in [3.05, 3.63) is 89.5 Å². The fourth-order valence-corrected chi connectivity index (χ4v) is 5.85. The zero-order chi connectivity index (χ0) is 36.0. The van der Waals surface area contributed by atoms with Crippen molar-refractivity contribution in [2.24, 2.45) is 5.41 Å². The van der Waals surface area contributed by atoms with Gasteiger partial charge < -0.3 is 42.6 Å². The molecule has 2 aromatic rings. The van der Waals surface area contributed by atoms with Crippen molar-refractivity contribution in [2.45, 2.75) is 90.2 Å². The maximum atomic E-state index is 12.7. The number of hydrogen-bond donors (Lipinski definition) is 0. The quantitative estimate of drug-likeness (QED) is 0.0804. The van der Waals surface area contributed by atoms with Gasteiger partial charge in [-0.1, -0.05) is 62.4 Å². The smallest absolute Gasteiger partial charge is 0.330 e. The van der Waals surface area contributed by atoms with Crippen molar-refractivity contribution in [2.75, 3.05) is 35.5 Å². The van der Waals surface area contributed by atoms with E-state index in [0.29, 0.717) is 25.2 Å². The first-order valence-electron chi connectivity index (χ1n) is 16.2. The Morgan fingerprint density at radius 3 is 2.14 bits per heavy atom. The number of rotatable bonds is 18. The van der Waals surface area contributed by atoms with Crippen LogP contribution in [0, 0.1) is 5.41 Å². The molecule has 0 amide bonds. The van der Waals surface area contributed by atoms with Crippen LogP contribution in [0.4, 0.5) is 0 Å². The van der Waals surface area contributed by atoms with Gasteiger partial charge in [0.2, 0.25) is 5.79 Å². The Balaban J connectivity index is 2.03. The summed E-state index contributed by atoms with van der Waals surface area (Å²) in [6.45, 7) is 7.72. The van der Waals surface area contributed by atoms with Crippen molar-refractivity contribution >= 4 is 11.9 Å². The van der Waals surface area contributed by atoms with E-state index < -0.39 is 47.7 Å². The van der Waals surface area contributed by atoms with Crippen LogP contribution in [0.3, 0.4) is 0 Å². The van der Waals surface area contributed by atoms with Crippen molar-refractivity contribution in [1.29, 1.82) is 0 Å². The molecule has 1 fully saturated rings. The zero-order valence-corrected chi connectivity index (χ0v) is 30.1. The Morgan fingerprint density at radius 2 is 1.57 bits per heavy atom. The molecule has 0 aliphatic carbocycles. The van der Waals surface area contributed by atoms with Crippen molar-refractivity contribution < 1.29 is 52.2 Å². The van der Waals surface area contributed by atoms with Gasteiger partial charge >= 0.3 is 11.9 Å². The third-order valence-electron chi connectivity index (χ3n) is 8.61. The van der Waals surface area contributed by atoms with Gasteiger partial charge in [-0.25, -0.2) is 4.79 Å². The monoisotopic (exact) mass is 684 g/mol. The largest absolute Gasteiger partial charge is 0.497 e. The SMILES string of the molecule is COC(=O)/C=C1\C[C@@H](C[C@@H](OCc2ccc(OC)cc2)[C@@H](C)OCc2ccccc2)O[C@@](OC)(C(C)(C)/C=C/C(OC)OC)[C@H]1OC(C)=O. The maximum Gasteiger partial charge on any atom is 0.330 e. The molecule has 0 aromatic heterocycles. The summed E-state index contributed by atoms with van der Waals surface area (Å²) in [5.74, 6) is -2.02. The molecule has 49 heavy (non-hydrogen) atoms. The molecule has 1 aliphatic heterocycles. The van der Waals surface area contributed by atoms with Gasteiger partial charge in [-0.2, -0.15) is 0 Å². The van der Waals surface area contributed by atoms with Crippen LogP contribution in [-0.4, -0.2) is 84.0 Å². The number of carbonyl (C=O) groups excluding carboxylic acids is 2. The van der Waals surface area contributed by atoms with Crippen LogP contribution in [0.5, 0.6) is 5.75 Å². The summed E-state index contributed by atoms with van der Waals surface area (Å²) < 4.78 is 53.0. The minimum Gasteiger partial charge on any atom is -0.497 e. The van der Waals surface area contributed by atoms with Crippen LogP contribution in [0.15, 0.2) is 78.4 Å². The molecule has 1 heterocycles. The highest BCUT2D eigenvalue weighted by molar-refractivity contribution is 5.83. The van der Waals surface area contributed by atoms with Gasteiger partial charge in [0.25, 0.3) is 0 Å². The van der Waals surface area contributed by atoms with Crippen molar-refractivity contribution in [3.8, 4) is 5.75 Å². The predicted molar refractivity (Wildman–Crippen MR) is 182 cm³/mol. The van der Waals surface area contributed by atoms with Crippen LogP contribution < -0.4 is 4.74 Å². The Labute approximate surface area is 290 Å². The summed E-state index contributed by atoms with van der Waals surface area (Å²) in [4.78, 5) is 25.2. The molecule has 0 saturated carbocycles. The molecule has 1 aliphatic rings. The van der Waals surface area contributed by atoms with Gasteiger partial charge in [0.1, 0.15) is 5.75 Å². The molecule has 1 saturated heterocycles. The summed E-state index contributed by atoms with van der Waals surface area (Å²) >= 11 is 0. The third kappa shape index (κ3) is 11.0. The van der Waals surface area contributed by atoms with Crippen LogP contribution >= 0.6 is 0 Å². The second kappa shape index (κ2) is 19.0. The first-order chi connectivity index (χ1) is 23.4. The molecule has 0 radical (unpaired) electrons. The molecule has 0 N–H and O–H groups in total. The molecule has 11 heteroatoms. The topological polar surface area (TPSA) is 117 Å². The summed E-state index contributed by atoms with van der Waals surface area (Å²) in [7, 11) is 7.44. The third-order valence-corrected chi connectivity index (χ3v) is 8.61. The van der Waals surface area contributed by atoms with E-state index in [1.807, 2.05) is 81.4 Å². The maximum absolute atomic E-state index is 12.7. The molecule has 0 spiro atoms. The van der Waals surface area contributed by atoms with E-state index >= 15 is 0 Å². The average molecular weight is 685 g/mol. The van der Waals surface area contributed by atoms with Gasteiger partial charge in [-0.3, -0.25) is 4.79 Å². The Kier molecular flexibility index (Phi) is 15.4. The van der Waals surface area contributed by atoms with Crippen LogP contribution in [0.25, 0.3) is 0 Å². The van der Waals surface area contributed by atoms with E-state index in [9.17, 15) is 9.59 Å². The molecule has 2 aromatic carbocycles. The van der Waals surface area contributed by atoms with Crippen LogP contribution in [-0.2, 0) is 60.7 Å². The number of benzene rings is 2. The molecular formula is C38H52O11. The van der Waals surface area contributed by atoms with Crippen LogP contribution in [0.1, 0.15) is 51.7 Å². The van der Waals surface area contributed by atoms with Gasteiger partial charge in [-0.15, -0.1) is 0 Å². The number of esters is 2. The van der Waals surface area contributed by atoms with Crippen LogP contribution in [0.2, 0.25) is 0 Å². The molecular weight excluding hydrogens is 632 g/mol. The average Bonchev–Trinajstić information content (AvgIpc) is 3.10. The molecule has 11 nitrogen and oxygen atoms in total. The number of ether oxygens (including phenoxy) is 9. The zero-order valence-electron chi connectivity index (χ0n) is 30.1. The normalized spacial score (nSPS) is 21.9. The highest BCUT2D eigenvalue weighted by Crippen LogP contribution is 2.49. The van der Waals surface area contributed by atoms with E-state index in [1.54, 1.807) is 13.2 Å². The molecule has 5 atom stereocenters. The minimum atomic E-state index is -1.60. The standard InChI is InChI=1S/C38H52O11/c1-26(46-24-28-13-11-10-12-14-28)33(47-25-29-15-17-31(41-5)18-16-29)23-32-21-30(22-34(40)42-6)36(48-27(2)39)38(45-9,49-32)37(3,4)20-19-35(43-7)44-8/h10-20,22,26,32-33,35-36H,21,23-25H2,1-9H3/b20-19+,30-22+/t26-,32+,33-,36+,38-/m1/s1. The first kappa shape index (κ1) is 39.9. The summed E-state index contributed by atoms with van der Waals surface area (Å²) in [6.07, 6.45) is 2.32. The molecule has 270 valence electrons. The second-order valence-corrected chi connectivity index (χ2v) is 12.4. The summed E-state index contributed by atoms with van der Waals surface area (Å²) in [5, 5.41) is 0. The lowest BCUT2D eigenvalue weighted by atomic mass is 9.74. The van der Waals surface area contributed by atoms with E-state index in [2.05, 4.69) is 0 Å². The lowest BCUT2D eigenvalue weighted by molar-refractivity contribution is -0.339. The van der Waals surface area contributed by atoms with E-state index in [1.165, 1.54) is 41.4 Å². The molecule has 3 rings (SSSR count). The fraction of sp³-hybridized carbons (Fsp3) is 0.526. The second-order valence-electron chi connectivity index (χ2n) is 12.4. The molecule has 0 bridgehead atoms. The number of hydrogen-bond acceptors (Lipinski definition) is 11. The van der Waals surface area contributed by atoms with Gasteiger partial charge in [0.05, 0.1) is 45.7 Å². The van der Waals surface area contributed by atoms with E-state index in [-0.39, 0.29) is 12.5 Å². The lowest BCUT2D eigenvalue weighted by Gasteiger charge is -2.53. The highest BCUT2D eigenvalue weighted by atomic mass is 16.7. The fourth-order valence-electron chi connectivity index (χ4n) is 5.85. The lowest BCUT2D eigenvalue weighted by Crippen LogP contribution is -2.63.